The van der Waals surface area contributed by atoms with Gasteiger partial charge in [0.1, 0.15) is 25.3 Å². The molecule has 13 nitrogen and oxygen atoms in total. The molecular weight excluding hydrogens is 702 g/mol. The van der Waals surface area contributed by atoms with Crippen molar-refractivity contribution in [1.29, 1.82) is 0 Å². The first-order valence-electron chi connectivity index (χ1n) is 19.1. The van der Waals surface area contributed by atoms with Crippen LogP contribution in [0.4, 0.5) is 9.59 Å². The Hall–Kier alpha value is -4.98. The number of nitrogens with one attached hydrogen (secondary N) is 4. The number of aliphatic hydroxyl groups excluding tert-OH is 1. The molecule has 0 radical (unpaired) electrons. The predicted octanol–water partition coefficient (Wildman–Crippen LogP) is 3.84. The number of rotatable bonds is 19. The molecule has 1 aliphatic heterocycles. The summed E-state index contributed by atoms with van der Waals surface area (Å²) in [5, 5.41) is 23.6. The topological polar surface area (TPSA) is 168 Å². The van der Waals surface area contributed by atoms with Crippen molar-refractivity contribution in [1.82, 2.24) is 26.2 Å². The molecule has 1 aliphatic rings. The maximum Gasteiger partial charge on any atom is 0.408 e. The lowest BCUT2D eigenvalue weighted by molar-refractivity contribution is -0.126. The fourth-order valence-corrected chi connectivity index (χ4v) is 6.30. The van der Waals surface area contributed by atoms with E-state index < -0.39 is 54.3 Å². The third-order valence-corrected chi connectivity index (χ3v) is 9.48. The zero-order chi connectivity index (χ0) is 39.6. The molecule has 5 atom stereocenters. The molecule has 4 amide bonds. The van der Waals surface area contributed by atoms with Crippen molar-refractivity contribution >= 4 is 24.0 Å². The fraction of sp³-hybridized carbons (Fsp3) is 0.476. The van der Waals surface area contributed by atoms with E-state index in [0.29, 0.717) is 19.8 Å². The summed E-state index contributed by atoms with van der Waals surface area (Å²) in [5.74, 6) is -1.67. The number of aliphatic hydroxyl groups is 1. The third kappa shape index (κ3) is 14.6. The van der Waals surface area contributed by atoms with Crippen molar-refractivity contribution in [3.63, 3.8) is 0 Å². The van der Waals surface area contributed by atoms with Crippen LogP contribution in [0.2, 0.25) is 0 Å². The highest BCUT2D eigenvalue weighted by Crippen LogP contribution is 2.16. The summed E-state index contributed by atoms with van der Waals surface area (Å²) in [6, 6.07) is 24.2. The van der Waals surface area contributed by atoms with E-state index in [-0.39, 0.29) is 37.9 Å². The molecule has 55 heavy (non-hydrogen) atoms. The van der Waals surface area contributed by atoms with Crippen molar-refractivity contribution in [2.45, 2.75) is 77.4 Å². The van der Waals surface area contributed by atoms with Gasteiger partial charge in [-0.2, -0.15) is 0 Å². The Morgan fingerprint density at radius 2 is 1.05 bits per heavy atom. The Labute approximate surface area is 324 Å². The summed E-state index contributed by atoms with van der Waals surface area (Å²) < 4.78 is 16.2. The molecule has 0 spiro atoms. The number of morpholine rings is 1. The number of hydrogen-bond acceptors (Lipinski definition) is 9. The van der Waals surface area contributed by atoms with Crippen LogP contribution < -0.4 is 21.3 Å². The number of carbonyl (C=O) groups excluding carboxylic acids is 4. The fourth-order valence-electron chi connectivity index (χ4n) is 6.30. The van der Waals surface area contributed by atoms with Crippen LogP contribution in [0, 0.1) is 11.8 Å². The lowest BCUT2D eigenvalue weighted by Gasteiger charge is -2.34. The first kappa shape index (κ1) is 42.8. The summed E-state index contributed by atoms with van der Waals surface area (Å²) in [6.45, 7) is 10.7. The minimum absolute atomic E-state index is 0.0354. The number of nitrogens with zero attached hydrogens (tertiary/aromatic N) is 1. The Bertz CT molecular complexity index is 1610. The van der Waals surface area contributed by atoms with Crippen LogP contribution in [0.1, 0.15) is 44.4 Å². The normalized spacial score (nSPS) is 15.9. The molecule has 298 valence electrons. The molecular formula is C42H57N5O8. The molecule has 3 aromatic rings. The lowest BCUT2D eigenvalue weighted by Crippen LogP contribution is -2.61. The van der Waals surface area contributed by atoms with Crippen molar-refractivity contribution in [2.24, 2.45) is 11.8 Å². The highest BCUT2D eigenvalue weighted by molar-refractivity contribution is 5.87. The Morgan fingerprint density at radius 3 is 1.49 bits per heavy atom. The van der Waals surface area contributed by atoms with Gasteiger partial charge in [0.2, 0.25) is 11.8 Å². The average Bonchev–Trinajstić information content (AvgIpc) is 3.18. The van der Waals surface area contributed by atoms with E-state index in [1.807, 2.05) is 105 Å². The first-order valence-corrected chi connectivity index (χ1v) is 19.1. The zero-order valence-electron chi connectivity index (χ0n) is 32.3. The van der Waals surface area contributed by atoms with E-state index in [9.17, 15) is 24.3 Å². The maximum absolute atomic E-state index is 14.0. The zero-order valence-corrected chi connectivity index (χ0v) is 32.3. The first-order chi connectivity index (χ1) is 26.5. The van der Waals surface area contributed by atoms with Gasteiger partial charge in [0.15, 0.2) is 0 Å². The maximum atomic E-state index is 14.0. The smallest absolute Gasteiger partial charge is 0.408 e. The van der Waals surface area contributed by atoms with E-state index in [0.717, 1.165) is 29.8 Å². The van der Waals surface area contributed by atoms with E-state index in [2.05, 4.69) is 26.2 Å². The van der Waals surface area contributed by atoms with Crippen molar-refractivity contribution < 1.29 is 38.5 Å². The van der Waals surface area contributed by atoms with Gasteiger partial charge in [0, 0.05) is 19.6 Å². The molecule has 1 heterocycles. The van der Waals surface area contributed by atoms with Crippen LogP contribution in [0.3, 0.4) is 0 Å². The second-order valence-electron chi connectivity index (χ2n) is 14.5. The Morgan fingerprint density at radius 1 is 0.636 bits per heavy atom. The van der Waals surface area contributed by atoms with Crippen LogP contribution in [0.5, 0.6) is 0 Å². The Kier molecular flexibility index (Phi) is 17.4. The summed E-state index contributed by atoms with van der Waals surface area (Å²) in [4.78, 5) is 55.8. The van der Waals surface area contributed by atoms with Gasteiger partial charge in [-0.1, -0.05) is 119 Å². The molecule has 1 fully saturated rings. The largest absolute Gasteiger partial charge is 0.448 e. The molecule has 1 unspecified atom stereocenters. The Balaban J connectivity index is 1.50. The van der Waals surface area contributed by atoms with E-state index in [1.165, 1.54) is 0 Å². The molecule has 4 rings (SSSR count). The van der Waals surface area contributed by atoms with Gasteiger partial charge in [-0.3, -0.25) is 14.5 Å². The molecule has 1 saturated heterocycles. The van der Waals surface area contributed by atoms with E-state index in [4.69, 9.17) is 14.2 Å². The summed E-state index contributed by atoms with van der Waals surface area (Å²) in [6.07, 6.45) is -2.33. The minimum Gasteiger partial charge on any atom is -0.448 e. The second-order valence-corrected chi connectivity index (χ2v) is 14.5. The molecule has 3 aromatic carbocycles. The molecule has 0 aromatic heterocycles. The number of hydrogen-bond donors (Lipinski definition) is 5. The number of ether oxygens (including phenoxy) is 3. The van der Waals surface area contributed by atoms with Gasteiger partial charge in [0.05, 0.1) is 31.4 Å². The van der Waals surface area contributed by atoms with Crippen LogP contribution in [-0.2, 0) is 43.2 Å². The highest BCUT2D eigenvalue weighted by Gasteiger charge is 2.36. The summed E-state index contributed by atoms with van der Waals surface area (Å²) in [5.41, 5.74) is 2.49. The van der Waals surface area contributed by atoms with E-state index >= 15 is 0 Å². The number of benzene rings is 3. The van der Waals surface area contributed by atoms with Gasteiger partial charge in [-0.25, -0.2) is 9.59 Å². The van der Waals surface area contributed by atoms with Crippen molar-refractivity contribution in [3.05, 3.63) is 108 Å². The SMILES string of the molecule is CC(C)[C@H](NC(=O)OCCN1CCOCC1)C(=O)N[C@@H](Cc1ccccc1)C(O)[C@H](Cc1ccccc1)NC(=O)[C@@H](NC(=O)OCc1ccccc1)C(C)C. The minimum atomic E-state index is -1.31. The lowest BCUT2D eigenvalue weighted by atomic mass is 9.91. The number of carbonyl (C=O) groups is 4. The summed E-state index contributed by atoms with van der Waals surface area (Å²) >= 11 is 0. The highest BCUT2D eigenvalue weighted by atomic mass is 16.6. The van der Waals surface area contributed by atoms with Crippen LogP contribution >= 0.6 is 0 Å². The van der Waals surface area contributed by atoms with E-state index in [1.54, 1.807) is 13.8 Å². The molecule has 0 saturated carbocycles. The number of amides is 4. The predicted molar refractivity (Wildman–Crippen MR) is 209 cm³/mol. The van der Waals surface area contributed by atoms with Crippen molar-refractivity contribution in [2.75, 3.05) is 39.5 Å². The molecule has 0 aliphatic carbocycles. The van der Waals surface area contributed by atoms with Gasteiger partial charge in [-0.15, -0.1) is 0 Å². The molecule has 0 bridgehead atoms. The molecule has 13 heteroatoms. The monoisotopic (exact) mass is 759 g/mol. The van der Waals surface area contributed by atoms with Crippen molar-refractivity contribution in [3.8, 4) is 0 Å². The van der Waals surface area contributed by atoms with Gasteiger partial charge >= 0.3 is 12.2 Å². The van der Waals surface area contributed by atoms with Gasteiger partial charge in [0.25, 0.3) is 0 Å². The van der Waals surface area contributed by atoms with Gasteiger partial charge in [-0.05, 0) is 41.4 Å². The molecule has 5 N–H and O–H groups in total. The third-order valence-electron chi connectivity index (χ3n) is 9.48. The van der Waals surface area contributed by atoms with Gasteiger partial charge < -0.3 is 40.6 Å². The average molecular weight is 760 g/mol. The van der Waals surface area contributed by atoms with Crippen LogP contribution in [-0.4, -0.2) is 104 Å². The number of alkyl carbamates (subject to hydrolysis) is 2. The van der Waals surface area contributed by atoms with Crippen LogP contribution in [0.15, 0.2) is 91.0 Å². The second kappa shape index (κ2) is 22.4. The standard InChI is InChI=1S/C42H57N5O8/c1-29(2)36(45-41(51)54-25-22-47-20-23-53-24-21-47)39(49)43-34(26-31-14-8-5-9-15-31)38(48)35(27-32-16-10-6-11-17-32)44-40(50)37(30(3)4)46-42(52)55-28-33-18-12-7-13-19-33/h5-19,29-30,34-38,48H,20-28H2,1-4H3,(H,43,49)(H,44,50)(H,45,51)(H,46,52)/t34-,35-,36-,37-,38?/m0/s1. The van der Waals surface area contributed by atoms with Crippen LogP contribution in [0.25, 0.3) is 0 Å². The summed E-state index contributed by atoms with van der Waals surface area (Å²) in [7, 11) is 0. The quantitative estimate of drug-likeness (QED) is 0.122.